The minimum Gasteiger partial charge on any atom is -0.497 e. The Morgan fingerprint density at radius 2 is 1.55 bits per heavy atom. The molecular formula is C15H26ClNO3. The van der Waals surface area contributed by atoms with Gasteiger partial charge in [0, 0.05) is 12.1 Å². The molecule has 3 N–H and O–H groups in total. The molecule has 2 atom stereocenters. The maximum Gasteiger partial charge on any atom is 0.122 e. The largest absolute Gasteiger partial charge is 0.497 e. The van der Waals surface area contributed by atoms with Crippen molar-refractivity contribution in [1.82, 2.24) is 0 Å². The molecule has 0 amide bonds. The summed E-state index contributed by atoms with van der Waals surface area (Å²) in [6.07, 6.45) is -0.127. The van der Waals surface area contributed by atoms with E-state index in [1.54, 1.807) is 20.3 Å². The molecule has 0 aliphatic heterocycles. The van der Waals surface area contributed by atoms with Gasteiger partial charge in [-0.3, -0.25) is 0 Å². The van der Waals surface area contributed by atoms with Crippen molar-refractivity contribution in [2.45, 2.75) is 39.3 Å². The Hall–Kier alpha value is -0.970. The molecule has 0 spiro atoms. The average Bonchev–Trinajstić information content (AvgIpc) is 2.36. The van der Waals surface area contributed by atoms with E-state index in [2.05, 4.69) is 20.8 Å². The third kappa shape index (κ3) is 5.19. The van der Waals surface area contributed by atoms with Crippen LogP contribution in [0.15, 0.2) is 18.2 Å². The lowest BCUT2D eigenvalue weighted by Crippen LogP contribution is -2.36. The van der Waals surface area contributed by atoms with Crippen LogP contribution in [0.2, 0.25) is 0 Å². The maximum absolute atomic E-state index is 10.3. The van der Waals surface area contributed by atoms with E-state index in [4.69, 9.17) is 15.2 Å². The van der Waals surface area contributed by atoms with Crippen LogP contribution >= 0.6 is 12.4 Å². The van der Waals surface area contributed by atoms with Gasteiger partial charge in [0.1, 0.15) is 11.5 Å². The number of aliphatic hydroxyl groups excluding tert-OH is 1. The lowest BCUT2D eigenvalue weighted by molar-refractivity contribution is 0.133. The van der Waals surface area contributed by atoms with Gasteiger partial charge in [0.05, 0.1) is 20.3 Å². The van der Waals surface area contributed by atoms with Gasteiger partial charge in [-0.15, -0.1) is 12.4 Å². The zero-order chi connectivity index (χ0) is 14.6. The lowest BCUT2D eigenvalue weighted by atomic mass is 9.83. The number of rotatable bonds is 5. The van der Waals surface area contributed by atoms with E-state index in [-0.39, 0.29) is 23.9 Å². The zero-order valence-corrected chi connectivity index (χ0v) is 13.7. The fourth-order valence-corrected chi connectivity index (χ4v) is 1.75. The molecule has 0 saturated heterocycles. The Kier molecular flexibility index (Phi) is 7.34. The summed E-state index contributed by atoms with van der Waals surface area (Å²) >= 11 is 0. The molecule has 0 aliphatic rings. The van der Waals surface area contributed by atoms with Crippen molar-refractivity contribution in [3.63, 3.8) is 0 Å². The monoisotopic (exact) mass is 303 g/mol. The Morgan fingerprint density at radius 1 is 1.10 bits per heavy atom. The number of benzene rings is 1. The minimum atomic E-state index is -0.627. The molecule has 0 bridgehead atoms. The molecule has 1 aromatic rings. The third-order valence-corrected chi connectivity index (χ3v) is 3.35. The van der Waals surface area contributed by atoms with Crippen molar-refractivity contribution in [1.29, 1.82) is 0 Å². The van der Waals surface area contributed by atoms with E-state index in [1.165, 1.54) is 0 Å². The van der Waals surface area contributed by atoms with Gasteiger partial charge in [0.2, 0.25) is 0 Å². The molecule has 20 heavy (non-hydrogen) atoms. The first-order valence-corrected chi connectivity index (χ1v) is 6.44. The van der Waals surface area contributed by atoms with Gasteiger partial charge in [-0.05, 0) is 29.5 Å². The molecule has 5 heteroatoms. The van der Waals surface area contributed by atoms with Crippen LogP contribution in [0.3, 0.4) is 0 Å². The highest BCUT2D eigenvalue weighted by Crippen LogP contribution is 2.31. The predicted octanol–water partition coefficient (Wildman–Crippen LogP) is 2.92. The van der Waals surface area contributed by atoms with Gasteiger partial charge < -0.3 is 20.3 Å². The van der Waals surface area contributed by atoms with E-state index >= 15 is 0 Å². The third-order valence-electron chi connectivity index (χ3n) is 3.35. The maximum atomic E-state index is 10.3. The number of aliphatic hydroxyl groups is 1. The topological polar surface area (TPSA) is 64.7 Å². The molecule has 1 rings (SSSR count). The Bertz CT molecular complexity index is 396. The molecule has 1 aromatic carbocycles. The summed E-state index contributed by atoms with van der Waals surface area (Å²) in [6, 6.07) is 5.31. The number of methoxy groups -OCH3 is 2. The highest BCUT2D eigenvalue weighted by Gasteiger charge is 2.24. The van der Waals surface area contributed by atoms with Gasteiger partial charge in [0.25, 0.3) is 0 Å². The van der Waals surface area contributed by atoms with Crippen LogP contribution in [-0.4, -0.2) is 25.4 Å². The Labute approximate surface area is 127 Å². The molecular weight excluding hydrogens is 278 g/mol. The number of ether oxygens (including phenoxy) is 2. The molecule has 116 valence electrons. The molecule has 0 radical (unpaired) electrons. The van der Waals surface area contributed by atoms with Crippen molar-refractivity contribution < 1.29 is 14.6 Å². The van der Waals surface area contributed by atoms with Crippen LogP contribution in [0.1, 0.15) is 38.9 Å². The standard InChI is InChI=1S/C15H25NO3.ClH/c1-15(2,3)14(16)9-13(17)10-6-11(18-4)8-12(7-10)19-5;/h6-8,13-14,17H,9,16H2,1-5H3;1H/t13-,14-;/m0./s1. The summed E-state index contributed by atoms with van der Waals surface area (Å²) in [5, 5.41) is 10.3. The number of hydrogen-bond acceptors (Lipinski definition) is 4. The minimum absolute atomic E-state index is 0. The fraction of sp³-hybridized carbons (Fsp3) is 0.600. The molecule has 0 aromatic heterocycles. The first kappa shape index (κ1) is 19.0. The number of nitrogens with two attached hydrogens (primary N) is 1. The second kappa shape index (κ2) is 7.72. The van der Waals surface area contributed by atoms with Crippen molar-refractivity contribution in [3.8, 4) is 11.5 Å². The summed E-state index contributed by atoms with van der Waals surface area (Å²) in [5.41, 5.74) is 6.83. The normalized spacial score (nSPS) is 14.2. The van der Waals surface area contributed by atoms with Crippen LogP contribution in [0.4, 0.5) is 0 Å². The number of halogens is 1. The summed E-state index contributed by atoms with van der Waals surface area (Å²) < 4.78 is 10.4. The van der Waals surface area contributed by atoms with Gasteiger partial charge in [0.15, 0.2) is 0 Å². The van der Waals surface area contributed by atoms with Crippen molar-refractivity contribution in [2.24, 2.45) is 11.1 Å². The first-order chi connectivity index (χ1) is 8.77. The van der Waals surface area contributed by atoms with E-state index in [1.807, 2.05) is 12.1 Å². The zero-order valence-electron chi connectivity index (χ0n) is 12.8. The fourth-order valence-electron chi connectivity index (χ4n) is 1.75. The summed E-state index contributed by atoms with van der Waals surface area (Å²) in [7, 11) is 3.18. The molecule has 0 saturated carbocycles. The average molecular weight is 304 g/mol. The van der Waals surface area contributed by atoms with E-state index in [0.29, 0.717) is 17.9 Å². The van der Waals surface area contributed by atoms with Gasteiger partial charge in [-0.2, -0.15) is 0 Å². The quantitative estimate of drug-likeness (QED) is 0.878. The summed E-state index contributed by atoms with van der Waals surface area (Å²) in [6.45, 7) is 6.20. The SMILES string of the molecule is COc1cc(OC)cc([C@@H](O)C[C@H](N)C(C)(C)C)c1.Cl. The summed E-state index contributed by atoms with van der Waals surface area (Å²) in [4.78, 5) is 0. The second-order valence-corrected chi connectivity index (χ2v) is 5.87. The molecule has 0 heterocycles. The highest BCUT2D eigenvalue weighted by molar-refractivity contribution is 5.85. The Balaban J connectivity index is 0.00000361. The van der Waals surface area contributed by atoms with Crippen molar-refractivity contribution in [3.05, 3.63) is 23.8 Å². The van der Waals surface area contributed by atoms with Crippen LogP contribution in [0.5, 0.6) is 11.5 Å². The smallest absolute Gasteiger partial charge is 0.122 e. The van der Waals surface area contributed by atoms with Crippen molar-refractivity contribution in [2.75, 3.05) is 14.2 Å². The molecule has 0 fully saturated rings. The van der Waals surface area contributed by atoms with Crippen molar-refractivity contribution >= 4 is 12.4 Å². The molecule has 0 unspecified atom stereocenters. The first-order valence-electron chi connectivity index (χ1n) is 6.44. The Morgan fingerprint density at radius 3 is 1.90 bits per heavy atom. The lowest BCUT2D eigenvalue weighted by Gasteiger charge is -2.29. The molecule has 4 nitrogen and oxygen atoms in total. The van der Waals surface area contributed by atoms with Crippen LogP contribution in [0, 0.1) is 5.41 Å². The van der Waals surface area contributed by atoms with Gasteiger partial charge in [-0.25, -0.2) is 0 Å². The van der Waals surface area contributed by atoms with Crippen LogP contribution in [0.25, 0.3) is 0 Å². The van der Waals surface area contributed by atoms with Gasteiger partial charge >= 0.3 is 0 Å². The van der Waals surface area contributed by atoms with E-state index in [9.17, 15) is 5.11 Å². The van der Waals surface area contributed by atoms with E-state index < -0.39 is 6.10 Å². The van der Waals surface area contributed by atoms with E-state index in [0.717, 1.165) is 5.56 Å². The van der Waals surface area contributed by atoms with Gasteiger partial charge in [-0.1, -0.05) is 20.8 Å². The molecule has 0 aliphatic carbocycles. The predicted molar refractivity (Wildman–Crippen MR) is 83.8 cm³/mol. The summed E-state index contributed by atoms with van der Waals surface area (Å²) in [5.74, 6) is 1.33. The van der Waals surface area contributed by atoms with Crippen LogP contribution in [-0.2, 0) is 0 Å². The van der Waals surface area contributed by atoms with Crippen LogP contribution < -0.4 is 15.2 Å². The number of hydrogen-bond donors (Lipinski definition) is 2. The second-order valence-electron chi connectivity index (χ2n) is 5.87. The highest BCUT2D eigenvalue weighted by atomic mass is 35.5.